The molecule has 8 heteroatoms. The molecule has 4 rings (SSSR count). The number of nitrogens with zero attached hydrogens (tertiary/aromatic N) is 2. The first kappa shape index (κ1) is 26.7. The summed E-state index contributed by atoms with van der Waals surface area (Å²) >= 11 is 0. The minimum atomic E-state index is -1.30. The molecule has 2 heterocycles. The second-order valence-corrected chi connectivity index (χ2v) is 12.5. The van der Waals surface area contributed by atoms with E-state index in [1.165, 1.54) is 11.1 Å². The Kier molecular flexibility index (Phi) is 8.40. The fourth-order valence-electron chi connectivity index (χ4n) is 4.96. The van der Waals surface area contributed by atoms with E-state index in [-0.39, 0.29) is 18.6 Å². The highest BCUT2D eigenvalue weighted by atomic mass is 32.2. The number of methoxy groups -OCH3 is 1. The summed E-state index contributed by atoms with van der Waals surface area (Å²) < 4.78 is 20.1. The van der Waals surface area contributed by atoms with Gasteiger partial charge in [-0.15, -0.1) is 0 Å². The first-order valence-corrected chi connectivity index (χ1v) is 13.8. The normalized spacial score (nSPS) is 18.7. The first-order chi connectivity index (χ1) is 17.2. The summed E-state index contributed by atoms with van der Waals surface area (Å²) in [6.07, 6.45) is 6.04. The maximum absolute atomic E-state index is 13.5. The summed E-state index contributed by atoms with van der Waals surface area (Å²) in [7, 11) is 0.297. The van der Waals surface area contributed by atoms with Crippen molar-refractivity contribution < 1.29 is 18.8 Å². The lowest BCUT2D eigenvalue weighted by Crippen LogP contribution is -2.36. The fraction of sp³-hybridized carbons (Fsp3) is 0.500. The van der Waals surface area contributed by atoms with Gasteiger partial charge in [0, 0.05) is 37.9 Å². The molecule has 0 unspecified atom stereocenters. The molecule has 0 fully saturated rings. The zero-order valence-corrected chi connectivity index (χ0v) is 22.5. The molecule has 1 aromatic carbocycles. The molecule has 1 amide bonds. The number of aliphatic hydroxyl groups excluding tert-OH is 1. The Labute approximate surface area is 216 Å². The molecule has 2 aliphatic rings. The van der Waals surface area contributed by atoms with Gasteiger partial charge in [0.1, 0.15) is 16.7 Å². The maximum atomic E-state index is 13.5. The van der Waals surface area contributed by atoms with Gasteiger partial charge in [-0.05, 0) is 75.3 Å². The zero-order chi connectivity index (χ0) is 25.9. The number of rotatable bonds is 9. The summed E-state index contributed by atoms with van der Waals surface area (Å²) in [5.41, 5.74) is 6.36. The Hall–Kier alpha value is -2.39. The van der Waals surface area contributed by atoms with E-state index in [1.54, 1.807) is 7.11 Å². The third-order valence-corrected chi connectivity index (χ3v) is 8.52. The smallest absolute Gasteiger partial charge is 0.269 e. The van der Waals surface area contributed by atoms with Crippen molar-refractivity contribution in [2.75, 3.05) is 26.9 Å². The molecule has 2 atom stereocenters. The lowest BCUT2D eigenvalue weighted by molar-refractivity contribution is 0.0932. The predicted octanol–water partition coefficient (Wildman–Crippen LogP) is 4.39. The Morgan fingerprint density at radius 1 is 1.28 bits per heavy atom. The van der Waals surface area contributed by atoms with E-state index in [0.717, 1.165) is 41.6 Å². The van der Waals surface area contributed by atoms with Gasteiger partial charge in [0.25, 0.3) is 5.91 Å². The van der Waals surface area contributed by atoms with Crippen molar-refractivity contribution in [3.63, 3.8) is 0 Å². The van der Waals surface area contributed by atoms with Crippen LogP contribution < -0.4 is 5.32 Å². The monoisotopic (exact) mass is 511 g/mol. The first-order valence-electron chi connectivity index (χ1n) is 12.6. The van der Waals surface area contributed by atoms with Gasteiger partial charge < -0.3 is 15.2 Å². The van der Waals surface area contributed by atoms with Gasteiger partial charge in [0.15, 0.2) is 0 Å². The molecule has 1 aliphatic carbocycles. The number of ether oxygens (including phenoxy) is 1. The molecule has 1 aromatic heterocycles. The minimum Gasteiger partial charge on any atom is -0.396 e. The summed E-state index contributed by atoms with van der Waals surface area (Å²) in [6.45, 7) is 7.06. The third kappa shape index (κ3) is 5.62. The highest BCUT2D eigenvalue weighted by Gasteiger charge is 2.40. The van der Waals surface area contributed by atoms with Gasteiger partial charge in [-0.1, -0.05) is 24.3 Å². The van der Waals surface area contributed by atoms with E-state index in [9.17, 15) is 14.1 Å². The van der Waals surface area contributed by atoms with Crippen LogP contribution in [0.4, 0.5) is 0 Å². The molecule has 1 aliphatic heterocycles. The number of fused-ring (bicyclic) bond motifs is 1. The molecule has 194 valence electrons. The van der Waals surface area contributed by atoms with Crippen LogP contribution in [0.1, 0.15) is 79.7 Å². The number of carbonyl (C=O) groups is 1. The van der Waals surface area contributed by atoms with Gasteiger partial charge in [0.05, 0.1) is 23.1 Å². The highest BCUT2D eigenvalue weighted by molar-refractivity contribution is 7.84. The molecule has 0 bridgehead atoms. The van der Waals surface area contributed by atoms with Crippen molar-refractivity contribution in [3.05, 3.63) is 58.8 Å². The molecule has 0 saturated carbocycles. The number of aromatic nitrogens is 1. The Balaban J connectivity index is 1.83. The average molecular weight is 512 g/mol. The molecular weight excluding hydrogens is 474 g/mol. The van der Waals surface area contributed by atoms with Crippen molar-refractivity contribution in [2.45, 2.75) is 63.8 Å². The molecule has 0 saturated heterocycles. The van der Waals surface area contributed by atoms with Crippen molar-refractivity contribution in [1.29, 1.82) is 0 Å². The number of nitrogens with one attached hydrogen (secondary N) is 1. The maximum Gasteiger partial charge on any atom is 0.269 e. The number of pyridine rings is 1. The number of allylic oxidation sites excluding steroid dienone is 2. The number of benzene rings is 1. The van der Waals surface area contributed by atoms with Crippen LogP contribution in [0.3, 0.4) is 0 Å². The summed E-state index contributed by atoms with van der Waals surface area (Å²) in [4.78, 5) is 17.9. The summed E-state index contributed by atoms with van der Waals surface area (Å²) in [6, 6.07) is 9.87. The number of carbonyl (C=O) groups excluding carboxylic acids is 1. The van der Waals surface area contributed by atoms with Gasteiger partial charge in [-0.2, -0.15) is 0 Å². The van der Waals surface area contributed by atoms with Gasteiger partial charge >= 0.3 is 0 Å². The molecule has 2 aromatic rings. The van der Waals surface area contributed by atoms with Crippen molar-refractivity contribution in [3.8, 4) is 11.3 Å². The SMILES string of the molecule is COCCNC(=O)c1cc2c(c(-c3cccc(C4=CCCC4)c3)n1)[C@@H](CCO)N([S@](=O)C(C)(C)C)C2. The van der Waals surface area contributed by atoms with Crippen molar-refractivity contribution in [2.24, 2.45) is 0 Å². The third-order valence-electron chi connectivity index (χ3n) is 6.66. The lowest BCUT2D eigenvalue weighted by Gasteiger charge is -2.30. The topological polar surface area (TPSA) is 91.8 Å². The predicted molar refractivity (Wildman–Crippen MR) is 144 cm³/mol. The molecule has 2 N–H and O–H groups in total. The van der Waals surface area contributed by atoms with Crippen LogP contribution in [-0.4, -0.2) is 56.1 Å². The second kappa shape index (κ2) is 11.3. The van der Waals surface area contributed by atoms with Crippen molar-refractivity contribution in [1.82, 2.24) is 14.6 Å². The van der Waals surface area contributed by atoms with E-state index in [4.69, 9.17) is 9.72 Å². The largest absolute Gasteiger partial charge is 0.396 e. The van der Waals surface area contributed by atoms with Crippen LogP contribution in [0.25, 0.3) is 16.8 Å². The van der Waals surface area contributed by atoms with Crippen LogP contribution in [0.15, 0.2) is 36.4 Å². The number of hydrogen-bond acceptors (Lipinski definition) is 5. The standard InChI is InChI=1S/C28H37N3O4S/c1-28(2,3)36(34)31-18-22-17-23(27(33)29-13-15-35-4)30-26(25(22)24(31)12-14-32)21-11-7-10-20(16-21)19-8-5-6-9-19/h7-8,10-11,16-17,24,32H,5-6,9,12-15,18H2,1-4H3,(H,29,33)/t24-,36-/m1/s1. The minimum absolute atomic E-state index is 0.0342. The van der Waals surface area contributed by atoms with Gasteiger partial charge in [-0.3, -0.25) is 4.79 Å². The van der Waals surface area contributed by atoms with E-state index in [1.807, 2.05) is 43.3 Å². The second-order valence-electron chi connectivity index (χ2n) is 10.3. The van der Waals surface area contributed by atoms with Crippen LogP contribution in [0, 0.1) is 0 Å². The average Bonchev–Trinajstić information content (AvgIpc) is 3.52. The van der Waals surface area contributed by atoms with E-state index in [2.05, 4.69) is 23.5 Å². The van der Waals surface area contributed by atoms with E-state index >= 15 is 0 Å². The molecule has 0 radical (unpaired) electrons. The van der Waals surface area contributed by atoms with Gasteiger partial charge in [0.2, 0.25) is 0 Å². The van der Waals surface area contributed by atoms with Crippen LogP contribution in [0.2, 0.25) is 0 Å². The Bertz CT molecular complexity index is 1170. The highest BCUT2D eigenvalue weighted by Crippen LogP contribution is 2.44. The number of aliphatic hydroxyl groups is 1. The number of hydrogen-bond donors (Lipinski definition) is 2. The van der Waals surface area contributed by atoms with E-state index < -0.39 is 15.7 Å². The van der Waals surface area contributed by atoms with Crippen LogP contribution in [0.5, 0.6) is 0 Å². The van der Waals surface area contributed by atoms with Crippen molar-refractivity contribution >= 4 is 22.5 Å². The molecule has 0 spiro atoms. The fourth-order valence-corrected chi connectivity index (χ4v) is 6.36. The van der Waals surface area contributed by atoms with Gasteiger partial charge in [-0.25, -0.2) is 13.5 Å². The zero-order valence-electron chi connectivity index (χ0n) is 21.7. The molecular formula is C28H37N3O4S. The molecule has 36 heavy (non-hydrogen) atoms. The lowest BCUT2D eigenvalue weighted by atomic mass is 9.94. The number of amides is 1. The summed E-state index contributed by atoms with van der Waals surface area (Å²) in [5.74, 6) is -0.264. The van der Waals surface area contributed by atoms with E-state index in [0.29, 0.717) is 31.8 Å². The Morgan fingerprint density at radius 2 is 2.06 bits per heavy atom. The summed E-state index contributed by atoms with van der Waals surface area (Å²) in [5, 5.41) is 12.8. The quantitative estimate of drug-likeness (QED) is 0.487. The van der Waals surface area contributed by atoms with Crippen LogP contribution in [-0.2, 0) is 22.3 Å². The molecule has 7 nitrogen and oxygen atoms in total. The Morgan fingerprint density at radius 3 is 2.72 bits per heavy atom. The van der Waals surface area contributed by atoms with Crippen LogP contribution >= 0.6 is 0 Å².